The van der Waals surface area contributed by atoms with Crippen molar-refractivity contribution in [2.75, 3.05) is 25.6 Å². The van der Waals surface area contributed by atoms with Crippen LogP contribution < -0.4 is 0 Å². The fraction of sp³-hybridized carbons (Fsp3) is 0.571. The number of nitrogens with zero attached hydrogens (tertiary/aromatic N) is 1. The zero-order valence-electron chi connectivity index (χ0n) is 11.2. The Bertz CT molecular complexity index is 602. The van der Waals surface area contributed by atoms with Gasteiger partial charge in [0.05, 0.1) is 17.6 Å². The largest absolute Gasteiger partial charge is 0.374 e. The van der Waals surface area contributed by atoms with Crippen LogP contribution in [0.25, 0.3) is 0 Å². The highest BCUT2D eigenvalue weighted by atomic mass is 35.5. The molecule has 1 unspecified atom stereocenters. The number of sulfonamides is 1. The molecule has 110 valence electrons. The number of benzene rings is 1. The number of hydrogen-bond donors (Lipinski definition) is 0. The van der Waals surface area contributed by atoms with E-state index in [9.17, 15) is 8.42 Å². The Morgan fingerprint density at radius 1 is 1.30 bits per heavy atom. The van der Waals surface area contributed by atoms with Crippen molar-refractivity contribution in [3.63, 3.8) is 0 Å². The van der Waals surface area contributed by atoms with Crippen molar-refractivity contribution in [3.8, 4) is 0 Å². The van der Waals surface area contributed by atoms with Gasteiger partial charge in [-0.1, -0.05) is 6.07 Å². The lowest BCUT2D eigenvalue weighted by molar-refractivity contribution is 0.0122. The average Bonchev–Trinajstić information content (AvgIpc) is 2.94. The molecule has 0 spiro atoms. The molecule has 1 aliphatic carbocycles. The summed E-state index contributed by atoms with van der Waals surface area (Å²) in [5.74, 6) is 0.316. The van der Waals surface area contributed by atoms with Gasteiger partial charge in [-0.2, -0.15) is 4.31 Å². The SMILES string of the molecule is O=S(=O)(c1ccc2c(c1)CCC2)N1CCOC(CCl)C1. The van der Waals surface area contributed by atoms with Crippen LogP contribution in [0.5, 0.6) is 0 Å². The van der Waals surface area contributed by atoms with E-state index < -0.39 is 10.0 Å². The lowest BCUT2D eigenvalue weighted by Crippen LogP contribution is -2.46. The zero-order chi connectivity index (χ0) is 14.2. The summed E-state index contributed by atoms with van der Waals surface area (Å²) >= 11 is 5.77. The van der Waals surface area contributed by atoms with Crippen LogP contribution >= 0.6 is 11.6 Å². The van der Waals surface area contributed by atoms with Gasteiger partial charge in [-0.05, 0) is 42.5 Å². The molecule has 0 N–H and O–H groups in total. The van der Waals surface area contributed by atoms with Gasteiger partial charge in [-0.3, -0.25) is 0 Å². The van der Waals surface area contributed by atoms with E-state index in [-0.39, 0.29) is 6.10 Å². The Kier molecular flexibility index (Phi) is 4.04. The van der Waals surface area contributed by atoms with E-state index in [0.717, 1.165) is 19.3 Å². The number of ether oxygens (including phenoxy) is 1. The summed E-state index contributed by atoms with van der Waals surface area (Å²) < 4.78 is 32.3. The number of rotatable bonds is 3. The van der Waals surface area contributed by atoms with Gasteiger partial charge in [-0.15, -0.1) is 11.6 Å². The first kappa shape index (κ1) is 14.3. The van der Waals surface area contributed by atoms with Gasteiger partial charge < -0.3 is 4.74 Å². The van der Waals surface area contributed by atoms with Crippen molar-refractivity contribution in [2.45, 2.75) is 30.3 Å². The van der Waals surface area contributed by atoms with E-state index in [2.05, 4.69) is 0 Å². The second kappa shape index (κ2) is 5.64. The van der Waals surface area contributed by atoms with Crippen LogP contribution in [0.1, 0.15) is 17.5 Å². The molecule has 3 rings (SSSR count). The van der Waals surface area contributed by atoms with Gasteiger partial charge in [0.15, 0.2) is 0 Å². The first-order valence-electron chi connectivity index (χ1n) is 6.91. The summed E-state index contributed by atoms with van der Waals surface area (Å²) in [7, 11) is -3.43. The maximum atomic E-state index is 12.7. The summed E-state index contributed by atoms with van der Waals surface area (Å²) in [4.78, 5) is 0.397. The molecule has 1 atom stereocenters. The third-order valence-corrected chi connectivity index (χ3v) is 6.19. The van der Waals surface area contributed by atoms with Crippen LogP contribution in [0.15, 0.2) is 23.1 Å². The summed E-state index contributed by atoms with van der Waals surface area (Å²) in [5, 5.41) is 0. The number of fused-ring (bicyclic) bond motifs is 1. The van der Waals surface area contributed by atoms with Crippen LogP contribution in [-0.4, -0.2) is 44.4 Å². The standard InChI is InChI=1S/C14H18ClNO3S/c15-9-13-10-16(6-7-19-13)20(17,18)14-5-4-11-2-1-3-12(11)8-14/h4-5,8,13H,1-3,6-7,9-10H2. The summed E-state index contributed by atoms with van der Waals surface area (Å²) in [6.45, 7) is 1.14. The summed E-state index contributed by atoms with van der Waals surface area (Å²) in [6, 6.07) is 5.52. The topological polar surface area (TPSA) is 46.6 Å². The molecule has 20 heavy (non-hydrogen) atoms. The molecule has 2 aliphatic rings. The number of halogens is 1. The minimum atomic E-state index is -3.43. The quantitative estimate of drug-likeness (QED) is 0.799. The van der Waals surface area contributed by atoms with Crippen molar-refractivity contribution in [3.05, 3.63) is 29.3 Å². The first-order chi connectivity index (χ1) is 9.61. The van der Waals surface area contributed by atoms with Gasteiger partial charge >= 0.3 is 0 Å². The number of hydrogen-bond acceptors (Lipinski definition) is 3. The molecule has 1 heterocycles. The van der Waals surface area contributed by atoms with Crippen LogP contribution in [-0.2, 0) is 27.6 Å². The van der Waals surface area contributed by atoms with Crippen LogP contribution in [0, 0.1) is 0 Å². The third-order valence-electron chi connectivity index (χ3n) is 3.98. The normalized spacial score (nSPS) is 23.8. The van der Waals surface area contributed by atoms with Crippen LogP contribution in [0.4, 0.5) is 0 Å². The van der Waals surface area contributed by atoms with E-state index in [0.29, 0.717) is 30.5 Å². The maximum absolute atomic E-state index is 12.7. The summed E-state index contributed by atoms with van der Waals surface area (Å²) in [5.41, 5.74) is 2.46. The van der Waals surface area contributed by atoms with Gasteiger partial charge in [0.2, 0.25) is 10.0 Å². The molecule has 6 heteroatoms. The number of aryl methyl sites for hydroxylation is 2. The molecule has 1 aliphatic heterocycles. The van der Waals surface area contributed by atoms with Gasteiger partial charge in [0, 0.05) is 19.0 Å². The van der Waals surface area contributed by atoms with Crippen molar-refractivity contribution in [1.82, 2.24) is 4.31 Å². The Morgan fingerprint density at radius 3 is 2.90 bits per heavy atom. The van der Waals surface area contributed by atoms with Crippen molar-refractivity contribution >= 4 is 21.6 Å². The lowest BCUT2D eigenvalue weighted by atomic mass is 10.1. The first-order valence-corrected chi connectivity index (χ1v) is 8.88. The third kappa shape index (κ3) is 2.60. The highest BCUT2D eigenvalue weighted by Crippen LogP contribution is 2.27. The second-order valence-electron chi connectivity index (χ2n) is 5.29. The summed E-state index contributed by atoms with van der Waals surface area (Å²) in [6.07, 6.45) is 2.94. The van der Waals surface area contributed by atoms with Crippen LogP contribution in [0.2, 0.25) is 0 Å². The van der Waals surface area contributed by atoms with Crippen molar-refractivity contribution < 1.29 is 13.2 Å². The van der Waals surface area contributed by atoms with E-state index in [1.807, 2.05) is 12.1 Å². The van der Waals surface area contributed by atoms with E-state index in [1.165, 1.54) is 15.4 Å². The lowest BCUT2D eigenvalue weighted by Gasteiger charge is -2.31. The van der Waals surface area contributed by atoms with E-state index in [4.69, 9.17) is 16.3 Å². The van der Waals surface area contributed by atoms with Crippen molar-refractivity contribution in [1.29, 1.82) is 0 Å². The number of alkyl halides is 1. The molecule has 0 saturated carbocycles. The predicted molar refractivity (Wildman–Crippen MR) is 77.7 cm³/mol. The highest BCUT2D eigenvalue weighted by Gasteiger charge is 2.31. The van der Waals surface area contributed by atoms with Gasteiger partial charge in [0.1, 0.15) is 0 Å². The zero-order valence-corrected chi connectivity index (χ0v) is 12.8. The number of morpholine rings is 1. The van der Waals surface area contributed by atoms with E-state index in [1.54, 1.807) is 6.07 Å². The molecule has 0 bridgehead atoms. The van der Waals surface area contributed by atoms with Gasteiger partial charge in [0.25, 0.3) is 0 Å². The van der Waals surface area contributed by atoms with Crippen molar-refractivity contribution in [2.24, 2.45) is 0 Å². The molecule has 1 aromatic carbocycles. The monoisotopic (exact) mass is 315 g/mol. The highest BCUT2D eigenvalue weighted by molar-refractivity contribution is 7.89. The maximum Gasteiger partial charge on any atom is 0.243 e. The van der Waals surface area contributed by atoms with E-state index >= 15 is 0 Å². The fourth-order valence-electron chi connectivity index (χ4n) is 2.86. The Morgan fingerprint density at radius 2 is 2.10 bits per heavy atom. The molecule has 0 aromatic heterocycles. The molecular formula is C14H18ClNO3S. The molecule has 1 saturated heterocycles. The van der Waals surface area contributed by atoms with Crippen LogP contribution in [0.3, 0.4) is 0 Å². The molecular weight excluding hydrogens is 298 g/mol. The smallest absolute Gasteiger partial charge is 0.243 e. The fourth-order valence-corrected chi connectivity index (χ4v) is 4.56. The Hall–Kier alpha value is -0.620. The minimum Gasteiger partial charge on any atom is -0.374 e. The molecule has 1 aromatic rings. The molecule has 0 radical (unpaired) electrons. The average molecular weight is 316 g/mol. The molecule has 0 amide bonds. The second-order valence-corrected chi connectivity index (χ2v) is 7.54. The Balaban J connectivity index is 1.87. The minimum absolute atomic E-state index is 0.213. The Labute approximate surface area is 124 Å². The predicted octanol–water partition coefficient (Wildman–Crippen LogP) is 1.80. The molecule has 1 fully saturated rings. The van der Waals surface area contributed by atoms with Gasteiger partial charge in [-0.25, -0.2) is 8.42 Å². The molecule has 4 nitrogen and oxygen atoms in total.